The molecule has 0 saturated heterocycles. The third-order valence-electron chi connectivity index (χ3n) is 6.25. The predicted octanol–water partition coefficient (Wildman–Crippen LogP) is 4.21. The van der Waals surface area contributed by atoms with E-state index in [2.05, 4.69) is 20.6 Å². The van der Waals surface area contributed by atoms with Gasteiger partial charge in [0.1, 0.15) is 11.9 Å². The maximum absolute atomic E-state index is 13.2. The van der Waals surface area contributed by atoms with E-state index in [1.807, 2.05) is 46.0 Å². The first-order chi connectivity index (χ1) is 15.8. The summed E-state index contributed by atoms with van der Waals surface area (Å²) in [5.74, 6) is -0.792. The molecule has 33 heavy (non-hydrogen) atoms. The first-order valence-corrected chi connectivity index (χ1v) is 11.0. The highest BCUT2D eigenvalue weighted by molar-refractivity contribution is 6.05. The number of carbonyl (C=O) groups excluding carboxylic acids is 2. The highest BCUT2D eigenvalue weighted by Gasteiger charge is 2.28. The van der Waals surface area contributed by atoms with Gasteiger partial charge in [0.25, 0.3) is 5.91 Å². The fourth-order valence-electron chi connectivity index (χ4n) is 4.29. The molecule has 1 atom stereocenters. The smallest absolute Gasteiger partial charge is 0.255 e. The first-order valence-electron chi connectivity index (χ1n) is 11.0. The number of hydrogen-bond donors (Lipinski definition) is 2. The molecule has 0 fully saturated rings. The molecule has 0 aliphatic carbocycles. The van der Waals surface area contributed by atoms with Crippen molar-refractivity contribution in [1.29, 1.82) is 0 Å². The van der Waals surface area contributed by atoms with Crippen molar-refractivity contribution in [3.63, 3.8) is 0 Å². The average Bonchev–Trinajstić information content (AvgIpc) is 3.04. The predicted molar refractivity (Wildman–Crippen MR) is 127 cm³/mol. The summed E-state index contributed by atoms with van der Waals surface area (Å²) < 4.78 is 14.9. The summed E-state index contributed by atoms with van der Waals surface area (Å²) in [6, 6.07) is 10.8. The van der Waals surface area contributed by atoms with Gasteiger partial charge in [-0.1, -0.05) is 6.07 Å². The number of nitrogens with zero attached hydrogens (tertiary/aromatic N) is 3. The minimum atomic E-state index is -0.411. The van der Waals surface area contributed by atoms with Gasteiger partial charge in [-0.15, -0.1) is 0 Å². The van der Waals surface area contributed by atoms with Gasteiger partial charge in [0.05, 0.1) is 17.1 Å². The van der Waals surface area contributed by atoms with Crippen LogP contribution in [0, 0.1) is 19.7 Å². The van der Waals surface area contributed by atoms with Gasteiger partial charge in [0.15, 0.2) is 0 Å². The third-order valence-corrected chi connectivity index (χ3v) is 6.25. The van der Waals surface area contributed by atoms with Gasteiger partial charge in [-0.25, -0.2) is 4.39 Å². The largest absolute Gasteiger partial charge is 0.359 e. The average molecular weight is 450 g/mol. The van der Waals surface area contributed by atoms with Crippen molar-refractivity contribution in [3.05, 3.63) is 70.8 Å². The van der Waals surface area contributed by atoms with E-state index in [0.29, 0.717) is 11.3 Å². The normalized spacial score (nSPS) is 13.9. The van der Waals surface area contributed by atoms with Crippen LogP contribution in [0.15, 0.2) is 42.5 Å². The lowest BCUT2D eigenvalue weighted by atomic mass is 9.97. The van der Waals surface area contributed by atoms with Crippen molar-refractivity contribution in [2.45, 2.75) is 39.7 Å². The monoisotopic (exact) mass is 449 g/mol. The number of rotatable bonds is 5. The van der Waals surface area contributed by atoms with E-state index in [4.69, 9.17) is 0 Å². The summed E-state index contributed by atoms with van der Waals surface area (Å²) >= 11 is 0. The lowest BCUT2D eigenvalue weighted by Crippen LogP contribution is -2.45. The minimum absolute atomic E-state index is 0.109. The second kappa shape index (κ2) is 9.05. The van der Waals surface area contributed by atoms with Crippen LogP contribution in [0.4, 0.5) is 21.5 Å². The number of aromatic nitrogens is 2. The summed E-state index contributed by atoms with van der Waals surface area (Å²) in [6.07, 6.45) is 1.65. The van der Waals surface area contributed by atoms with Crippen LogP contribution in [0.25, 0.3) is 0 Å². The highest BCUT2D eigenvalue weighted by atomic mass is 19.1. The van der Waals surface area contributed by atoms with Crippen molar-refractivity contribution in [2.75, 3.05) is 22.1 Å². The molecule has 0 saturated carbocycles. The van der Waals surface area contributed by atoms with Crippen LogP contribution < -0.4 is 15.5 Å². The number of carbonyl (C=O) groups is 2. The molecule has 4 rings (SSSR count). The van der Waals surface area contributed by atoms with Gasteiger partial charge in [-0.05, 0) is 75.6 Å². The highest BCUT2D eigenvalue weighted by Crippen LogP contribution is 2.34. The fourth-order valence-corrected chi connectivity index (χ4v) is 4.29. The molecule has 172 valence electrons. The molecule has 1 aromatic heterocycles. The molecule has 2 N–H and O–H groups in total. The van der Waals surface area contributed by atoms with Crippen LogP contribution in [0.5, 0.6) is 0 Å². The Morgan fingerprint density at radius 1 is 1.09 bits per heavy atom. The second-order valence-electron chi connectivity index (χ2n) is 8.40. The summed E-state index contributed by atoms with van der Waals surface area (Å²) in [5.41, 5.74) is 5.44. The van der Waals surface area contributed by atoms with Crippen molar-refractivity contribution < 1.29 is 14.0 Å². The number of halogens is 1. The number of benzene rings is 2. The molecule has 2 heterocycles. The Kier molecular flexibility index (Phi) is 6.18. The molecule has 0 radical (unpaired) electrons. The van der Waals surface area contributed by atoms with E-state index in [9.17, 15) is 14.0 Å². The Morgan fingerprint density at radius 2 is 1.82 bits per heavy atom. The van der Waals surface area contributed by atoms with Crippen LogP contribution in [0.2, 0.25) is 0 Å². The maximum atomic E-state index is 13.2. The summed E-state index contributed by atoms with van der Waals surface area (Å²) in [5, 5.41) is 10.4. The molecule has 0 spiro atoms. The molecule has 2 aromatic carbocycles. The summed E-state index contributed by atoms with van der Waals surface area (Å²) in [6.45, 7) is 6.42. The lowest BCUT2D eigenvalue weighted by Gasteiger charge is -2.36. The van der Waals surface area contributed by atoms with Gasteiger partial charge in [0.2, 0.25) is 5.91 Å². The van der Waals surface area contributed by atoms with Gasteiger partial charge < -0.3 is 15.5 Å². The van der Waals surface area contributed by atoms with Crippen LogP contribution in [-0.2, 0) is 18.3 Å². The Morgan fingerprint density at radius 3 is 2.48 bits per heavy atom. The quantitative estimate of drug-likeness (QED) is 0.612. The molecule has 1 aliphatic heterocycles. The van der Waals surface area contributed by atoms with Gasteiger partial charge in [-0.3, -0.25) is 14.3 Å². The Bertz CT molecular complexity index is 1200. The summed E-state index contributed by atoms with van der Waals surface area (Å²) in [7, 11) is 1.85. The third kappa shape index (κ3) is 4.46. The van der Waals surface area contributed by atoms with E-state index >= 15 is 0 Å². The number of anilines is 3. The molecular formula is C25H28FN5O2. The molecule has 2 amide bonds. The number of nitrogens with one attached hydrogen (secondary N) is 2. The van der Waals surface area contributed by atoms with E-state index < -0.39 is 6.04 Å². The van der Waals surface area contributed by atoms with Gasteiger partial charge >= 0.3 is 0 Å². The molecule has 3 aromatic rings. The van der Waals surface area contributed by atoms with Crippen molar-refractivity contribution in [1.82, 2.24) is 9.78 Å². The standard InChI is InChI=1S/C25H28FN5O2/c1-15-23(16(2)30(4)29-15)28-24(32)17(3)31-14-6-7-20-21(8-5-9-22(20)31)27-25(33)18-10-12-19(26)13-11-18/h5,8-13,17H,6-7,14H2,1-4H3,(H,27,33)(H,28,32). The van der Waals surface area contributed by atoms with E-state index in [1.165, 1.54) is 24.3 Å². The molecule has 1 unspecified atom stereocenters. The first kappa shape index (κ1) is 22.5. The Hall–Kier alpha value is -3.68. The van der Waals surface area contributed by atoms with Crippen LogP contribution in [0.1, 0.15) is 40.7 Å². The van der Waals surface area contributed by atoms with Gasteiger partial charge in [-0.2, -0.15) is 5.10 Å². The molecule has 7 nitrogen and oxygen atoms in total. The number of amides is 2. The van der Waals surface area contributed by atoms with Crippen molar-refractivity contribution in [3.8, 4) is 0 Å². The van der Waals surface area contributed by atoms with Crippen molar-refractivity contribution >= 4 is 28.9 Å². The number of fused-ring (bicyclic) bond motifs is 1. The molecule has 8 heteroatoms. The van der Waals surface area contributed by atoms with E-state index in [0.717, 1.165) is 47.7 Å². The second-order valence-corrected chi connectivity index (χ2v) is 8.40. The lowest BCUT2D eigenvalue weighted by molar-refractivity contribution is -0.117. The van der Waals surface area contributed by atoms with Crippen LogP contribution in [0.3, 0.4) is 0 Å². The Labute approximate surface area is 192 Å². The maximum Gasteiger partial charge on any atom is 0.255 e. The SMILES string of the molecule is Cc1nn(C)c(C)c1NC(=O)C(C)N1CCCc2c(NC(=O)c3ccc(F)cc3)cccc21. The zero-order chi connectivity index (χ0) is 23.7. The zero-order valence-electron chi connectivity index (χ0n) is 19.3. The fraction of sp³-hybridized carbons (Fsp3) is 0.320. The van der Waals surface area contributed by atoms with Gasteiger partial charge in [0, 0.05) is 30.5 Å². The van der Waals surface area contributed by atoms with Crippen molar-refractivity contribution in [2.24, 2.45) is 7.05 Å². The van der Waals surface area contributed by atoms with Crippen LogP contribution in [-0.4, -0.2) is 34.2 Å². The van der Waals surface area contributed by atoms with E-state index in [-0.39, 0.29) is 17.6 Å². The topological polar surface area (TPSA) is 79.3 Å². The molecule has 0 bridgehead atoms. The van der Waals surface area contributed by atoms with E-state index in [1.54, 1.807) is 4.68 Å². The summed E-state index contributed by atoms with van der Waals surface area (Å²) in [4.78, 5) is 27.9. The van der Waals surface area contributed by atoms with Crippen LogP contribution >= 0.6 is 0 Å². The minimum Gasteiger partial charge on any atom is -0.359 e. The number of aryl methyl sites for hydroxylation is 2. The molecule has 1 aliphatic rings. The molecular weight excluding hydrogens is 421 g/mol. The number of hydrogen-bond acceptors (Lipinski definition) is 4. The Balaban J connectivity index is 1.55. The zero-order valence-corrected chi connectivity index (χ0v) is 19.3.